The highest BCUT2D eigenvalue weighted by Crippen LogP contribution is 2.31. The summed E-state index contributed by atoms with van der Waals surface area (Å²) in [4.78, 5) is 10.00. The van der Waals surface area contributed by atoms with E-state index in [4.69, 9.17) is 43.9 Å². The first kappa shape index (κ1) is 39.8. The van der Waals surface area contributed by atoms with Gasteiger partial charge in [0, 0.05) is 29.1 Å². The van der Waals surface area contributed by atoms with E-state index >= 15 is 0 Å². The van der Waals surface area contributed by atoms with Crippen LogP contribution in [-0.4, -0.2) is 57.1 Å². The van der Waals surface area contributed by atoms with E-state index in [1.165, 1.54) is 36.4 Å². The number of unbranched alkanes of at least 4 members (excludes halogenated alkanes) is 3. The van der Waals surface area contributed by atoms with Crippen molar-refractivity contribution in [2.75, 3.05) is 26.2 Å². The maximum atomic E-state index is 13.6. The average Bonchev–Trinajstić information content (AvgIpc) is 3.59. The second-order valence-electron chi connectivity index (χ2n) is 12.2. The van der Waals surface area contributed by atoms with E-state index < -0.39 is 21.8 Å². The van der Waals surface area contributed by atoms with Crippen LogP contribution in [0.2, 0.25) is 10.0 Å². The fraction of sp³-hybridized carbons (Fsp3) is 0.289. The molecule has 4 aromatic rings. The van der Waals surface area contributed by atoms with Gasteiger partial charge in [-0.05, 0) is 84.5 Å². The predicted molar refractivity (Wildman–Crippen MR) is 204 cm³/mol. The van der Waals surface area contributed by atoms with E-state index in [9.17, 15) is 21.6 Å². The number of alkyl halides is 3. The van der Waals surface area contributed by atoms with Gasteiger partial charge in [0.15, 0.2) is 0 Å². The molecule has 280 valence electrons. The predicted octanol–water partition coefficient (Wildman–Crippen LogP) is 8.48. The Bertz CT molecular complexity index is 1990. The van der Waals surface area contributed by atoms with Gasteiger partial charge in [0.1, 0.15) is 6.61 Å². The van der Waals surface area contributed by atoms with E-state index in [-0.39, 0.29) is 29.9 Å². The minimum absolute atomic E-state index is 0.0243. The molecule has 0 fully saturated rings. The van der Waals surface area contributed by atoms with Gasteiger partial charge >= 0.3 is 6.18 Å². The van der Waals surface area contributed by atoms with E-state index in [0.717, 1.165) is 41.8 Å². The fourth-order valence-electron chi connectivity index (χ4n) is 5.63. The first-order chi connectivity index (χ1) is 25.4. The molecule has 0 aliphatic carbocycles. The number of aliphatic imine (C=N–C) groups is 1. The van der Waals surface area contributed by atoms with Gasteiger partial charge in [0.05, 0.1) is 28.4 Å². The van der Waals surface area contributed by atoms with Crippen LogP contribution >= 0.6 is 23.2 Å². The summed E-state index contributed by atoms with van der Waals surface area (Å²) in [6.07, 6.45) is -1.14. The highest BCUT2D eigenvalue weighted by molar-refractivity contribution is 7.90. The molecule has 0 aromatic heterocycles. The normalized spacial score (nSPS) is 15.4. The molecule has 5 rings (SSSR count). The number of benzene rings is 4. The Hall–Kier alpha value is -4.43. The average molecular weight is 788 g/mol. The van der Waals surface area contributed by atoms with Crippen LogP contribution in [0.15, 0.2) is 123 Å². The monoisotopic (exact) mass is 786 g/mol. The molecule has 1 aliphatic heterocycles. The lowest BCUT2D eigenvalue weighted by molar-refractivity contribution is -0.137. The maximum absolute atomic E-state index is 13.6. The van der Waals surface area contributed by atoms with E-state index in [2.05, 4.69) is 9.88 Å². The third-order valence-electron chi connectivity index (χ3n) is 8.36. The molecule has 9 nitrogen and oxygen atoms in total. The Morgan fingerprint density at radius 3 is 2.17 bits per heavy atom. The van der Waals surface area contributed by atoms with Gasteiger partial charge in [-0.2, -0.15) is 18.3 Å². The minimum atomic E-state index is -4.44. The third kappa shape index (κ3) is 11.3. The summed E-state index contributed by atoms with van der Waals surface area (Å²) in [6.45, 7) is 1.07. The number of guanidine groups is 1. The second-order valence-corrected chi connectivity index (χ2v) is 14.8. The van der Waals surface area contributed by atoms with Gasteiger partial charge < -0.3 is 10.6 Å². The van der Waals surface area contributed by atoms with Crippen LogP contribution in [0.3, 0.4) is 0 Å². The van der Waals surface area contributed by atoms with Crippen molar-refractivity contribution in [3.63, 3.8) is 0 Å². The van der Waals surface area contributed by atoms with Crippen molar-refractivity contribution in [3.8, 4) is 0 Å². The molecule has 53 heavy (non-hydrogen) atoms. The van der Waals surface area contributed by atoms with Gasteiger partial charge in [-0.3, -0.25) is 4.99 Å². The number of oxime groups is 1. The smallest absolute Gasteiger partial charge is 0.394 e. The van der Waals surface area contributed by atoms with Crippen LogP contribution in [0, 0.1) is 0 Å². The van der Waals surface area contributed by atoms with Crippen molar-refractivity contribution in [1.29, 1.82) is 0 Å². The topological polar surface area (TPSA) is 122 Å². The summed E-state index contributed by atoms with van der Waals surface area (Å²) < 4.78 is 69.0. The number of hydrazone groups is 1. The number of hydrogen-bond acceptors (Lipinski definition) is 7. The number of nitrogens with one attached hydrogen (secondary N) is 1. The Morgan fingerprint density at radius 2 is 1.53 bits per heavy atom. The van der Waals surface area contributed by atoms with Crippen molar-refractivity contribution in [1.82, 2.24) is 9.73 Å². The molecular formula is C38H39Cl2F3N6O3S. The molecule has 3 N–H and O–H groups in total. The van der Waals surface area contributed by atoms with Crippen LogP contribution in [0.25, 0.3) is 0 Å². The molecular weight excluding hydrogens is 748 g/mol. The van der Waals surface area contributed by atoms with E-state index in [1.54, 1.807) is 17.1 Å². The molecule has 0 spiro atoms. The summed E-state index contributed by atoms with van der Waals surface area (Å²) >= 11 is 12.2. The number of nitrogens with two attached hydrogens (primary N) is 1. The lowest BCUT2D eigenvalue weighted by Crippen LogP contribution is -2.41. The SMILES string of the molecule is NCCO/N=C(/CCCCCCN=C(NS(=O)(=O)c1ccc(Cl)cc1)N1C[C@@H](c2ccccc2)C(c2ccc(Cl)cc2)=N1)c1ccc(C(F)(F)F)cc1. The second kappa shape index (κ2) is 18.6. The van der Waals surface area contributed by atoms with E-state index in [0.29, 0.717) is 53.7 Å². The van der Waals surface area contributed by atoms with Crippen LogP contribution in [0.5, 0.6) is 0 Å². The van der Waals surface area contributed by atoms with Crippen LogP contribution in [-0.2, 0) is 21.0 Å². The zero-order valence-electron chi connectivity index (χ0n) is 28.6. The highest BCUT2D eigenvalue weighted by Gasteiger charge is 2.33. The molecule has 0 unspecified atom stereocenters. The molecule has 1 aliphatic rings. The standard InChI is InChI=1S/C38H39Cl2F3N6O3S/c39-31-17-13-29(14-18-31)36-34(27-8-4-3-5-9-27)26-49(46-36)37(48-53(50,51)33-21-19-32(40)20-22-33)45-24-7-2-1-6-10-35(47-52-25-23-44)28-11-15-30(16-12-28)38(41,42)43/h3-5,8-9,11-22,34H,1-2,6-7,10,23-26,44H2,(H,45,48)/b47-35-/t34-/m0/s1. The lowest BCUT2D eigenvalue weighted by Gasteiger charge is -2.20. The first-order valence-electron chi connectivity index (χ1n) is 17.0. The maximum Gasteiger partial charge on any atom is 0.416 e. The van der Waals surface area contributed by atoms with Crippen molar-refractivity contribution >= 4 is 50.6 Å². The largest absolute Gasteiger partial charge is 0.416 e. The lowest BCUT2D eigenvalue weighted by atomic mass is 9.91. The molecule has 15 heteroatoms. The fourth-order valence-corrected chi connectivity index (χ4v) is 6.91. The molecule has 0 radical (unpaired) electrons. The van der Waals surface area contributed by atoms with Crippen molar-refractivity contribution in [2.24, 2.45) is 21.0 Å². The van der Waals surface area contributed by atoms with Gasteiger partial charge in [0.2, 0.25) is 5.96 Å². The summed E-state index contributed by atoms with van der Waals surface area (Å²) in [7, 11) is -4.05. The molecule has 1 heterocycles. The zero-order valence-corrected chi connectivity index (χ0v) is 31.0. The van der Waals surface area contributed by atoms with Crippen molar-refractivity contribution in [2.45, 2.75) is 49.1 Å². The summed E-state index contributed by atoms with van der Waals surface area (Å²) in [5.74, 6) is -0.101. The number of rotatable bonds is 15. The molecule has 0 bridgehead atoms. The Morgan fingerprint density at radius 1 is 0.887 bits per heavy atom. The van der Waals surface area contributed by atoms with Gasteiger partial charge in [-0.1, -0.05) is 95.8 Å². The minimum Gasteiger partial charge on any atom is -0.394 e. The quantitative estimate of drug-likeness (QED) is 0.0542. The molecule has 0 saturated heterocycles. The van der Waals surface area contributed by atoms with Crippen molar-refractivity contribution < 1.29 is 26.4 Å². The zero-order chi connectivity index (χ0) is 37.8. The van der Waals surface area contributed by atoms with Crippen molar-refractivity contribution in [3.05, 3.63) is 135 Å². The van der Waals surface area contributed by atoms with Gasteiger partial charge in [-0.15, -0.1) is 0 Å². The Labute approximate surface area is 317 Å². The van der Waals surface area contributed by atoms with Gasteiger partial charge in [0.25, 0.3) is 10.0 Å². The summed E-state index contributed by atoms with van der Waals surface area (Å²) in [6, 6.07) is 27.8. The van der Waals surface area contributed by atoms with Gasteiger partial charge in [-0.25, -0.2) is 18.1 Å². The van der Waals surface area contributed by atoms with Crippen LogP contribution in [0.1, 0.15) is 60.3 Å². The number of halogens is 5. The number of sulfonamides is 1. The number of nitrogens with zero attached hydrogens (tertiary/aromatic N) is 4. The molecule has 1 atom stereocenters. The first-order valence-corrected chi connectivity index (χ1v) is 19.2. The summed E-state index contributed by atoms with van der Waals surface area (Å²) in [5.41, 5.74) is 8.43. The Balaban J connectivity index is 1.30. The van der Waals surface area contributed by atoms with E-state index in [1.807, 2.05) is 42.5 Å². The molecule has 0 amide bonds. The molecule has 4 aromatic carbocycles. The van der Waals surface area contributed by atoms with Crippen LogP contribution in [0.4, 0.5) is 13.2 Å². The van der Waals surface area contributed by atoms with Crippen LogP contribution < -0.4 is 10.5 Å². The Kier molecular flexibility index (Phi) is 13.9. The number of hydrogen-bond donors (Lipinski definition) is 2. The highest BCUT2D eigenvalue weighted by atomic mass is 35.5. The third-order valence-corrected chi connectivity index (χ3v) is 10.2. The summed E-state index contributed by atoms with van der Waals surface area (Å²) in [5, 5.41) is 11.6. The molecule has 0 saturated carbocycles.